The predicted molar refractivity (Wildman–Crippen MR) is 96.6 cm³/mol. The third-order valence-electron chi connectivity index (χ3n) is 4.03. The number of hydrogen-bond acceptors (Lipinski definition) is 0. The molecule has 2 aromatic carbocycles. The van der Waals surface area contributed by atoms with Gasteiger partial charge in [-0.1, -0.05) is 78.7 Å². The molecule has 2 rings (SSSR count). The van der Waals surface area contributed by atoms with Crippen molar-refractivity contribution >= 4 is 15.9 Å². The summed E-state index contributed by atoms with van der Waals surface area (Å²) in [7, 11) is 0. The van der Waals surface area contributed by atoms with Crippen LogP contribution in [0.25, 0.3) is 0 Å². The third kappa shape index (κ3) is 3.40. The van der Waals surface area contributed by atoms with Gasteiger partial charge < -0.3 is 0 Å². The van der Waals surface area contributed by atoms with Crippen LogP contribution < -0.4 is 0 Å². The maximum Gasteiger partial charge on any atom is 0.0652 e. The Labute approximate surface area is 137 Å². The Morgan fingerprint density at radius 3 is 1.95 bits per heavy atom. The van der Waals surface area contributed by atoms with Gasteiger partial charge in [-0.05, 0) is 54.0 Å². The molecule has 21 heavy (non-hydrogen) atoms. The average molecular weight is 345 g/mol. The van der Waals surface area contributed by atoms with Crippen molar-refractivity contribution in [1.29, 1.82) is 0 Å². The molecule has 0 aliphatic carbocycles. The van der Waals surface area contributed by atoms with Crippen molar-refractivity contribution in [1.82, 2.24) is 0 Å². The topological polar surface area (TPSA) is 0 Å². The van der Waals surface area contributed by atoms with Crippen LogP contribution in [-0.4, -0.2) is 0 Å². The van der Waals surface area contributed by atoms with Gasteiger partial charge in [0.2, 0.25) is 0 Å². The number of aryl methyl sites for hydroxylation is 3. The molecule has 0 spiro atoms. The summed E-state index contributed by atoms with van der Waals surface area (Å²) in [6, 6.07) is 13.3. The largest absolute Gasteiger partial charge is 0.0786 e. The highest BCUT2D eigenvalue weighted by atomic mass is 79.9. The van der Waals surface area contributed by atoms with Crippen LogP contribution in [0.3, 0.4) is 0 Å². The Morgan fingerprint density at radius 1 is 0.905 bits per heavy atom. The molecule has 2 aromatic rings. The first-order valence-corrected chi connectivity index (χ1v) is 8.44. The quantitative estimate of drug-likeness (QED) is 0.553. The lowest BCUT2D eigenvalue weighted by atomic mass is 9.81. The van der Waals surface area contributed by atoms with E-state index in [1.807, 2.05) is 0 Å². The van der Waals surface area contributed by atoms with Gasteiger partial charge >= 0.3 is 0 Å². The van der Waals surface area contributed by atoms with E-state index in [0.29, 0.717) is 0 Å². The molecule has 1 unspecified atom stereocenters. The van der Waals surface area contributed by atoms with Crippen LogP contribution in [0.15, 0.2) is 36.4 Å². The van der Waals surface area contributed by atoms with Gasteiger partial charge in [-0.2, -0.15) is 0 Å². The molecule has 0 fully saturated rings. The summed E-state index contributed by atoms with van der Waals surface area (Å²) in [5, 5.41) is 0. The zero-order valence-electron chi connectivity index (χ0n) is 13.9. The molecule has 1 atom stereocenters. The van der Waals surface area contributed by atoms with Gasteiger partial charge in [-0.3, -0.25) is 0 Å². The van der Waals surface area contributed by atoms with Crippen LogP contribution in [-0.2, 0) is 5.41 Å². The van der Waals surface area contributed by atoms with Crippen molar-refractivity contribution < 1.29 is 0 Å². The lowest BCUT2D eigenvalue weighted by molar-refractivity contribution is 0.584. The second kappa shape index (κ2) is 5.96. The van der Waals surface area contributed by atoms with Crippen molar-refractivity contribution in [2.75, 3.05) is 0 Å². The first kappa shape index (κ1) is 16.3. The van der Waals surface area contributed by atoms with E-state index in [9.17, 15) is 0 Å². The molecule has 0 aromatic heterocycles. The van der Waals surface area contributed by atoms with Crippen LogP contribution in [0.4, 0.5) is 0 Å². The fraction of sp³-hybridized carbons (Fsp3) is 0.400. The molecule has 0 radical (unpaired) electrons. The highest BCUT2D eigenvalue weighted by Crippen LogP contribution is 2.40. The summed E-state index contributed by atoms with van der Waals surface area (Å²) in [6.07, 6.45) is 0. The molecule has 0 bridgehead atoms. The van der Waals surface area contributed by atoms with Crippen molar-refractivity contribution in [3.63, 3.8) is 0 Å². The van der Waals surface area contributed by atoms with Crippen molar-refractivity contribution in [2.45, 2.75) is 51.8 Å². The molecule has 0 amide bonds. The lowest BCUT2D eigenvalue weighted by Crippen LogP contribution is -2.15. The van der Waals surface area contributed by atoms with Gasteiger partial charge in [0, 0.05) is 0 Å². The Bertz CT molecular complexity index is 624. The molecular formula is C20H25Br. The van der Waals surface area contributed by atoms with Gasteiger partial charge in [0.1, 0.15) is 0 Å². The van der Waals surface area contributed by atoms with Crippen molar-refractivity contribution in [3.8, 4) is 0 Å². The number of alkyl halides is 1. The fourth-order valence-electron chi connectivity index (χ4n) is 3.15. The van der Waals surface area contributed by atoms with E-state index < -0.39 is 0 Å². The summed E-state index contributed by atoms with van der Waals surface area (Å²) in [4.78, 5) is 0.244. The first-order valence-electron chi connectivity index (χ1n) is 7.53. The average Bonchev–Trinajstić information content (AvgIpc) is 2.36. The normalized spacial score (nSPS) is 13.3. The molecule has 1 heteroatoms. The van der Waals surface area contributed by atoms with Crippen LogP contribution >= 0.6 is 15.9 Å². The van der Waals surface area contributed by atoms with Gasteiger partial charge in [-0.25, -0.2) is 0 Å². The predicted octanol–water partition coefficient (Wildman–Crippen LogP) is 6.39. The Hall–Kier alpha value is -1.08. The second-order valence-electron chi connectivity index (χ2n) is 7.01. The smallest absolute Gasteiger partial charge is 0.0652 e. The Morgan fingerprint density at radius 2 is 1.43 bits per heavy atom. The molecule has 0 saturated heterocycles. The van der Waals surface area contributed by atoms with E-state index in [4.69, 9.17) is 0 Å². The summed E-state index contributed by atoms with van der Waals surface area (Å²) in [5.41, 5.74) is 8.38. The molecule has 0 N–H and O–H groups in total. The van der Waals surface area contributed by atoms with E-state index in [2.05, 4.69) is 93.9 Å². The summed E-state index contributed by atoms with van der Waals surface area (Å²) >= 11 is 3.96. The molecule has 0 nitrogen and oxygen atoms in total. The maximum absolute atomic E-state index is 3.96. The van der Waals surface area contributed by atoms with Gasteiger partial charge in [-0.15, -0.1) is 0 Å². The maximum atomic E-state index is 3.96. The standard InChI is InChI=1S/C20H25Br/c1-13-11-14(2)18(15(3)12-13)19(21)16-9-7-8-10-17(16)20(4,5)6/h7-12,19H,1-6H3. The fourth-order valence-corrected chi connectivity index (χ4v) is 4.27. The van der Waals surface area contributed by atoms with Crippen LogP contribution in [0.5, 0.6) is 0 Å². The molecule has 0 heterocycles. The van der Waals surface area contributed by atoms with E-state index in [1.165, 1.54) is 33.4 Å². The summed E-state index contributed by atoms with van der Waals surface area (Å²) in [5.74, 6) is 0. The van der Waals surface area contributed by atoms with Gasteiger partial charge in [0.05, 0.1) is 4.83 Å². The molecule has 112 valence electrons. The number of halogens is 1. The lowest BCUT2D eigenvalue weighted by Gasteiger charge is -2.27. The SMILES string of the molecule is Cc1cc(C)c(C(Br)c2ccccc2C(C)(C)C)c(C)c1. The Balaban J connectivity index is 2.59. The van der Waals surface area contributed by atoms with Crippen LogP contribution in [0.1, 0.15) is 59.0 Å². The first-order chi connectivity index (χ1) is 9.71. The summed E-state index contributed by atoms with van der Waals surface area (Å²) < 4.78 is 0. The zero-order valence-corrected chi connectivity index (χ0v) is 15.5. The summed E-state index contributed by atoms with van der Waals surface area (Å²) in [6.45, 7) is 13.4. The van der Waals surface area contributed by atoms with Gasteiger partial charge in [0.25, 0.3) is 0 Å². The molecule has 0 saturated carbocycles. The zero-order chi connectivity index (χ0) is 15.8. The minimum absolute atomic E-state index is 0.148. The monoisotopic (exact) mass is 344 g/mol. The second-order valence-corrected chi connectivity index (χ2v) is 7.93. The van der Waals surface area contributed by atoms with Gasteiger partial charge in [0.15, 0.2) is 0 Å². The number of rotatable bonds is 2. The van der Waals surface area contributed by atoms with Crippen molar-refractivity contribution in [2.24, 2.45) is 0 Å². The highest BCUT2D eigenvalue weighted by molar-refractivity contribution is 9.09. The highest BCUT2D eigenvalue weighted by Gasteiger charge is 2.23. The van der Waals surface area contributed by atoms with E-state index >= 15 is 0 Å². The molecule has 0 aliphatic heterocycles. The van der Waals surface area contributed by atoms with E-state index in [-0.39, 0.29) is 10.2 Å². The number of hydrogen-bond donors (Lipinski definition) is 0. The molecule has 0 aliphatic rings. The van der Waals surface area contributed by atoms with Crippen LogP contribution in [0.2, 0.25) is 0 Å². The van der Waals surface area contributed by atoms with E-state index in [1.54, 1.807) is 0 Å². The van der Waals surface area contributed by atoms with E-state index in [0.717, 1.165) is 0 Å². The minimum Gasteiger partial charge on any atom is -0.0786 e. The number of benzene rings is 2. The molecular weight excluding hydrogens is 320 g/mol. The Kier molecular flexibility index (Phi) is 4.63. The van der Waals surface area contributed by atoms with Crippen LogP contribution in [0, 0.1) is 20.8 Å². The van der Waals surface area contributed by atoms with Crippen molar-refractivity contribution in [3.05, 3.63) is 69.8 Å². The third-order valence-corrected chi connectivity index (χ3v) is 4.98. The minimum atomic E-state index is 0.148.